The van der Waals surface area contributed by atoms with Gasteiger partial charge in [0.25, 0.3) is 5.91 Å². The minimum absolute atomic E-state index is 0.0454. The number of nitrogens with one attached hydrogen (secondary N) is 1. The van der Waals surface area contributed by atoms with Crippen LogP contribution in [0.15, 0.2) is 35.1 Å². The minimum atomic E-state index is -0.0454. The van der Waals surface area contributed by atoms with Crippen LogP contribution < -0.4 is 5.32 Å². The normalized spacial score (nSPS) is 15.8. The van der Waals surface area contributed by atoms with Crippen LogP contribution in [0.4, 0.5) is 0 Å². The number of hydrogen-bond acceptors (Lipinski definition) is 5. The molecular formula is C17H22N4O2. The van der Waals surface area contributed by atoms with E-state index in [-0.39, 0.29) is 5.91 Å². The van der Waals surface area contributed by atoms with Gasteiger partial charge in [0.05, 0.1) is 0 Å². The zero-order valence-corrected chi connectivity index (χ0v) is 13.4. The molecule has 0 radical (unpaired) electrons. The van der Waals surface area contributed by atoms with E-state index in [1.54, 1.807) is 18.5 Å². The molecule has 1 aliphatic rings. The van der Waals surface area contributed by atoms with E-state index in [0.29, 0.717) is 17.4 Å². The number of carbonyl (C=O) groups is 1. The summed E-state index contributed by atoms with van der Waals surface area (Å²) in [5.41, 5.74) is 1.20. The van der Waals surface area contributed by atoms with E-state index in [9.17, 15) is 4.79 Å². The van der Waals surface area contributed by atoms with Gasteiger partial charge >= 0.3 is 0 Å². The molecular weight excluding hydrogens is 292 g/mol. The van der Waals surface area contributed by atoms with Crippen LogP contribution in [-0.4, -0.2) is 47.6 Å². The van der Waals surface area contributed by atoms with Crippen molar-refractivity contribution in [1.82, 2.24) is 20.4 Å². The maximum Gasteiger partial charge on any atom is 0.276 e. The zero-order valence-electron chi connectivity index (χ0n) is 13.4. The number of likely N-dealkylation sites (tertiary alicyclic amines) is 1. The monoisotopic (exact) mass is 314 g/mol. The summed E-state index contributed by atoms with van der Waals surface area (Å²) in [7, 11) is 1.98. The number of piperidine rings is 1. The Labute approximate surface area is 135 Å². The van der Waals surface area contributed by atoms with Crippen LogP contribution in [-0.2, 0) is 0 Å². The maximum atomic E-state index is 12.5. The molecule has 1 aliphatic heterocycles. The van der Waals surface area contributed by atoms with Crippen molar-refractivity contribution >= 4 is 5.91 Å². The first-order chi connectivity index (χ1) is 11.3. The lowest BCUT2D eigenvalue weighted by atomic mass is 9.93. The van der Waals surface area contributed by atoms with Gasteiger partial charge in [-0.15, -0.1) is 0 Å². The van der Waals surface area contributed by atoms with E-state index in [0.717, 1.165) is 38.0 Å². The van der Waals surface area contributed by atoms with Crippen LogP contribution in [0.3, 0.4) is 0 Å². The van der Waals surface area contributed by atoms with E-state index in [1.165, 1.54) is 6.42 Å². The molecule has 0 unspecified atom stereocenters. The van der Waals surface area contributed by atoms with Gasteiger partial charge in [-0.2, -0.15) is 0 Å². The molecule has 1 N–H and O–H groups in total. The van der Waals surface area contributed by atoms with Gasteiger partial charge < -0.3 is 14.7 Å². The number of carbonyl (C=O) groups excluding carboxylic acids is 1. The first kappa shape index (κ1) is 15.7. The van der Waals surface area contributed by atoms with Crippen LogP contribution in [0, 0.1) is 5.92 Å². The third-order valence-corrected chi connectivity index (χ3v) is 4.38. The first-order valence-electron chi connectivity index (χ1n) is 8.09. The van der Waals surface area contributed by atoms with Crippen molar-refractivity contribution in [3.05, 3.63) is 36.3 Å². The Morgan fingerprint density at radius 3 is 2.96 bits per heavy atom. The van der Waals surface area contributed by atoms with Crippen molar-refractivity contribution in [3.8, 4) is 11.3 Å². The highest BCUT2D eigenvalue weighted by molar-refractivity contribution is 5.93. The highest BCUT2D eigenvalue weighted by Gasteiger charge is 2.25. The third kappa shape index (κ3) is 3.76. The second-order valence-electron chi connectivity index (χ2n) is 5.95. The fourth-order valence-electron chi connectivity index (χ4n) is 2.96. The molecule has 3 heterocycles. The van der Waals surface area contributed by atoms with Gasteiger partial charge in [0.15, 0.2) is 11.5 Å². The summed E-state index contributed by atoms with van der Waals surface area (Å²) < 4.78 is 5.29. The third-order valence-electron chi connectivity index (χ3n) is 4.38. The quantitative estimate of drug-likeness (QED) is 0.916. The molecule has 23 heavy (non-hydrogen) atoms. The Hall–Kier alpha value is -2.21. The van der Waals surface area contributed by atoms with Crippen molar-refractivity contribution in [1.29, 1.82) is 0 Å². The summed E-state index contributed by atoms with van der Waals surface area (Å²) >= 11 is 0. The van der Waals surface area contributed by atoms with Crippen molar-refractivity contribution in [3.63, 3.8) is 0 Å². The predicted octanol–water partition coefficient (Wildman–Crippen LogP) is 2.20. The zero-order chi connectivity index (χ0) is 16.1. The lowest BCUT2D eigenvalue weighted by molar-refractivity contribution is 0.0677. The maximum absolute atomic E-state index is 12.5. The molecule has 1 saturated heterocycles. The molecule has 0 atom stereocenters. The van der Waals surface area contributed by atoms with E-state index in [2.05, 4.69) is 15.5 Å². The number of amides is 1. The molecule has 6 nitrogen and oxygen atoms in total. The van der Waals surface area contributed by atoms with Crippen LogP contribution in [0.25, 0.3) is 11.3 Å². The highest BCUT2D eigenvalue weighted by Crippen LogP contribution is 2.23. The number of hydrogen-bond donors (Lipinski definition) is 1. The summed E-state index contributed by atoms with van der Waals surface area (Å²) in [6.07, 6.45) is 6.68. The molecule has 0 saturated carbocycles. The molecule has 6 heteroatoms. The topological polar surface area (TPSA) is 71.3 Å². The van der Waals surface area contributed by atoms with Gasteiger partial charge in [0, 0.05) is 37.1 Å². The SMILES string of the molecule is CNCCC1CCN(C(=O)c2cc(-c3cccnc3)on2)CC1. The smallest absolute Gasteiger partial charge is 0.276 e. The van der Waals surface area contributed by atoms with Crippen molar-refractivity contribution in [2.75, 3.05) is 26.7 Å². The van der Waals surface area contributed by atoms with Crippen LogP contribution in [0.5, 0.6) is 0 Å². The molecule has 122 valence electrons. The van der Waals surface area contributed by atoms with Gasteiger partial charge in [-0.25, -0.2) is 0 Å². The number of nitrogens with zero attached hydrogens (tertiary/aromatic N) is 3. The average Bonchev–Trinajstić information content (AvgIpc) is 3.11. The standard InChI is InChI=1S/C17H22N4O2/c1-18-8-4-13-5-9-21(10-6-13)17(22)15-11-16(23-20-15)14-3-2-7-19-12-14/h2-3,7,11-13,18H,4-6,8-10H2,1H3. The Morgan fingerprint density at radius 1 is 1.43 bits per heavy atom. The highest BCUT2D eigenvalue weighted by atomic mass is 16.5. The van der Waals surface area contributed by atoms with Crippen LogP contribution >= 0.6 is 0 Å². The summed E-state index contributed by atoms with van der Waals surface area (Å²) in [5.74, 6) is 1.23. The molecule has 1 amide bonds. The van der Waals surface area contributed by atoms with Gasteiger partial charge in [-0.05, 0) is 50.9 Å². The number of pyridine rings is 1. The molecule has 0 spiro atoms. The number of rotatable bonds is 5. The second-order valence-corrected chi connectivity index (χ2v) is 5.95. The lowest BCUT2D eigenvalue weighted by Crippen LogP contribution is -2.39. The number of aromatic nitrogens is 2. The minimum Gasteiger partial charge on any atom is -0.355 e. The molecule has 2 aromatic rings. The van der Waals surface area contributed by atoms with Gasteiger partial charge in [-0.3, -0.25) is 9.78 Å². The fraction of sp³-hybridized carbons (Fsp3) is 0.471. The van der Waals surface area contributed by atoms with E-state index < -0.39 is 0 Å². The summed E-state index contributed by atoms with van der Waals surface area (Å²) in [4.78, 5) is 18.5. The summed E-state index contributed by atoms with van der Waals surface area (Å²) in [6, 6.07) is 5.41. The summed E-state index contributed by atoms with van der Waals surface area (Å²) in [5, 5.41) is 7.12. The van der Waals surface area contributed by atoms with Crippen LogP contribution in [0.1, 0.15) is 29.8 Å². The first-order valence-corrected chi connectivity index (χ1v) is 8.09. The van der Waals surface area contributed by atoms with Crippen molar-refractivity contribution in [2.45, 2.75) is 19.3 Å². The van der Waals surface area contributed by atoms with Gasteiger partial charge in [0.1, 0.15) is 0 Å². The molecule has 0 aromatic carbocycles. The fourth-order valence-corrected chi connectivity index (χ4v) is 2.96. The average molecular weight is 314 g/mol. The molecule has 0 bridgehead atoms. The Bertz CT molecular complexity index is 633. The molecule has 3 rings (SSSR count). The Kier molecular flexibility index (Phi) is 5.02. The van der Waals surface area contributed by atoms with E-state index in [1.807, 2.05) is 24.1 Å². The predicted molar refractivity (Wildman–Crippen MR) is 86.9 cm³/mol. The largest absolute Gasteiger partial charge is 0.355 e. The Balaban J connectivity index is 1.60. The molecule has 1 fully saturated rings. The lowest BCUT2D eigenvalue weighted by Gasteiger charge is -2.31. The van der Waals surface area contributed by atoms with E-state index >= 15 is 0 Å². The van der Waals surface area contributed by atoms with Crippen molar-refractivity contribution in [2.24, 2.45) is 5.92 Å². The van der Waals surface area contributed by atoms with Gasteiger partial charge in [0.2, 0.25) is 0 Å². The second kappa shape index (κ2) is 7.37. The van der Waals surface area contributed by atoms with Crippen molar-refractivity contribution < 1.29 is 9.32 Å². The molecule has 0 aliphatic carbocycles. The Morgan fingerprint density at radius 2 is 2.26 bits per heavy atom. The van der Waals surface area contributed by atoms with E-state index in [4.69, 9.17) is 4.52 Å². The van der Waals surface area contributed by atoms with Gasteiger partial charge in [-0.1, -0.05) is 5.16 Å². The summed E-state index contributed by atoms with van der Waals surface area (Å²) in [6.45, 7) is 2.63. The molecule has 2 aromatic heterocycles. The van der Waals surface area contributed by atoms with Crippen LogP contribution in [0.2, 0.25) is 0 Å².